The lowest BCUT2D eigenvalue weighted by Gasteiger charge is -2.08. The second-order valence-corrected chi connectivity index (χ2v) is 3.93. The highest BCUT2D eigenvalue weighted by Gasteiger charge is 2.07. The monoisotopic (exact) mass is 284 g/mol. The molecular weight excluding hydrogens is 272 g/mol. The highest BCUT2D eigenvalue weighted by Crippen LogP contribution is 2.08. The minimum Gasteiger partial charge on any atom is -0.348 e. The Kier molecular flexibility index (Phi) is 3.60. The summed E-state index contributed by atoms with van der Waals surface area (Å²) in [5.74, 6) is 6.32. The molecule has 0 aromatic carbocycles. The maximum Gasteiger partial charge on any atom is 0.257 e. The fraction of sp³-hybridized carbons (Fsp3) is 0.0909. The SMILES string of the molecule is NNc1nc(NCc2ccncn2)nc(-n2cccn2)n1. The molecule has 10 heteroatoms. The van der Waals surface area contributed by atoms with Gasteiger partial charge in [0.1, 0.15) is 6.33 Å². The van der Waals surface area contributed by atoms with Gasteiger partial charge in [0.2, 0.25) is 11.9 Å². The average molecular weight is 284 g/mol. The minimum absolute atomic E-state index is 0.237. The van der Waals surface area contributed by atoms with E-state index in [0.717, 1.165) is 5.69 Å². The van der Waals surface area contributed by atoms with Gasteiger partial charge in [-0.05, 0) is 12.1 Å². The largest absolute Gasteiger partial charge is 0.348 e. The van der Waals surface area contributed by atoms with Crippen LogP contribution in [0.1, 0.15) is 5.69 Å². The number of rotatable bonds is 5. The predicted molar refractivity (Wildman–Crippen MR) is 74.1 cm³/mol. The highest BCUT2D eigenvalue weighted by atomic mass is 15.4. The Morgan fingerprint density at radius 1 is 1.14 bits per heavy atom. The molecule has 0 bridgehead atoms. The molecule has 0 saturated heterocycles. The van der Waals surface area contributed by atoms with Crippen molar-refractivity contribution in [3.05, 3.63) is 42.7 Å². The van der Waals surface area contributed by atoms with E-state index in [1.807, 2.05) is 0 Å². The van der Waals surface area contributed by atoms with Gasteiger partial charge in [0, 0.05) is 18.6 Å². The molecule has 0 spiro atoms. The molecule has 0 aliphatic rings. The van der Waals surface area contributed by atoms with Crippen LogP contribution < -0.4 is 16.6 Å². The summed E-state index contributed by atoms with van der Waals surface area (Å²) in [6, 6.07) is 3.57. The van der Waals surface area contributed by atoms with Crippen molar-refractivity contribution in [2.75, 3.05) is 10.7 Å². The van der Waals surface area contributed by atoms with Crippen LogP contribution in [0.3, 0.4) is 0 Å². The highest BCUT2D eigenvalue weighted by molar-refractivity contribution is 5.37. The number of nitrogens with two attached hydrogens (primary N) is 1. The number of anilines is 2. The lowest BCUT2D eigenvalue weighted by atomic mass is 10.4. The molecule has 106 valence electrons. The molecule has 10 nitrogen and oxygen atoms in total. The fourth-order valence-corrected chi connectivity index (χ4v) is 1.59. The molecule has 3 heterocycles. The summed E-state index contributed by atoms with van der Waals surface area (Å²) in [4.78, 5) is 20.5. The van der Waals surface area contributed by atoms with E-state index in [2.05, 4.69) is 40.8 Å². The number of hydrogen-bond acceptors (Lipinski definition) is 9. The van der Waals surface area contributed by atoms with Crippen molar-refractivity contribution in [2.24, 2.45) is 5.84 Å². The molecule has 0 unspecified atom stereocenters. The number of nitrogen functional groups attached to an aromatic ring is 1. The second-order valence-electron chi connectivity index (χ2n) is 3.93. The Bertz CT molecular complexity index is 696. The van der Waals surface area contributed by atoms with Gasteiger partial charge in [-0.25, -0.2) is 20.5 Å². The van der Waals surface area contributed by atoms with Crippen molar-refractivity contribution in [1.82, 2.24) is 34.7 Å². The van der Waals surface area contributed by atoms with E-state index in [1.54, 1.807) is 30.7 Å². The zero-order valence-corrected chi connectivity index (χ0v) is 10.9. The Hall–Kier alpha value is -3.14. The molecule has 4 N–H and O–H groups in total. The van der Waals surface area contributed by atoms with Crippen molar-refractivity contribution in [2.45, 2.75) is 6.54 Å². The number of aromatic nitrogens is 7. The van der Waals surface area contributed by atoms with Gasteiger partial charge in [-0.15, -0.1) is 0 Å². The topological polar surface area (TPSA) is 132 Å². The van der Waals surface area contributed by atoms with Gasteiger partial charge in [-0.3, -0.25) is 5.43 Å². The van der Waals surface area contributed by atoms with Gasteiger partial charge in [-0.1, -0.05) is 0 Å². The van der Waals surface area contributed by atoms with E-state index in [4.69, 9.17) is 5.84 Å². The number of hydrazine groups is 1. The lowest BCUT2D eigenvalue weighted by molar-refractivity contribution is 0.795. The molecule has 0 aliphatic carbocycles. The van der Waals surface area contributed by atoms with Crippen LogP contribution in [0.4, 0.5) is 11.9 Å². The Balaban J connectivity index is 1.83. The molecule has 3 rings (SSSR count). The summed E-state index contributed by atoms with van der Waals surface area (Å²) in [5, 5.41) is 7.12. The molecule has 0 radical (unpaired) electrons. The van der Waals surface area contributed by atoms with Gasteiger partial charge in [-0.2, -0.15) is 20.1 Å². The minimum atomic E-state index is 0.237. The first-order chi connectivity index (χ1) is 10.3. The number of nitrogens with zero attached hydrogens (tertiary/aromatic N) is 7. The summed E-state index contributed by atoms with van der Waals surface area (Å²) in [6.45, 7) is 0.453. The third kappa shape index (κ3) is 3.06. The lowest BCUT2D eigenvalue weighted by Crippen LogP contribution is -2.16. The number of nitrogens with one attached hydrogen (secondary N) is 2. The van der Waals surface area contributed by atoms with E-state index in [1.165, 1.54) is 11.0 Å². The maximum atomic E-state index is 5.37. The molecule has 0 saturated carbocycles. The third-order valence-corrected chi connectivity index (χ3v) is 2.53. The van der Waals surface area contributed by atoms with E-state index in [9.17, 15) is 0 Å². The van der Waals surface area contributed by atoms with Gasteiger partial charge in [0.25, 0.3) is 5.95 Å². The van der Waals surface area contributed by atoms with E-state index in [0.29, 0.717) is 18.4 Å². The van der Waals surface area contributed by atoms with Gasteiger partial charge in [0.15, 0.2) is 0 Å². The normalized spacial score (nSPS) is 10.3. The molecule has 21 heavy (non-hydrogen) atoms. The summed E-state index contributed by atoms with van der Waals surface area (Å²) in [5.41, 5.74) is 3.21. The van der Waals surface area contributed by atoms with Crippen LogP contribution in [-0.4, -0.2) is 34.7 Å². The first-order valence-corrected chi connectivity index (χ1v) is 6.06. The maximum absolute atomic E-state index is 5.37. The van der Waals surface area contributed by atoms with Crippen LogP contribution in [0.15, 0.2) is 37.1 Å². The van der Waals surface area contributed by atoms with Crippen LogP contribution in [0.5, 0.6) is 0 Å². The second kappa shape index (κ2) is 5.88. The van der Waals surface area contributed by atoms with Crippen LogP contribution in [-0.2, 0) is 6.54 Å². The molecule has 0 atom stereocenters. The van der Waals surface area contributed by atoms with Crippen molar-refractivity contribution in [3.8, 4) is 5.95 Å². The summed E-state index contributed by atoms with van der Waals surface area (Å²) >= 11 is 0. The molecular formula is C11H12N10. The van der Waals surface area contributed by atoms with Crippen molar-refractivity contribution >= 4 is 11.9 Å². The Morgan fingerprint density at radius 2 is 2.05 bits per heavy atom. The Morgan fingerprint density at radius 3 is 2.76 bits per heavy atom. The van der Waals surface area contributed by atoms with Crippen LogP contribution in [0.2, 0.25) is 0 Å². The first-order valence-electron chi connectivity index (χ1n) is 6.06. The molecule has 0 amide bonds. The van der Waals surface area contributed by atoms with Crippen LogP contribution in [0.25, 0.3) is 5.95 Å². The Labute approximate surface area is 119 Å². The molecule has 0 aliphatic heterocycles. The summed E-state index contributed by atoms with van der Waals surface area (Å²) < 4.78 is 1.51. The van der Waals surface area contributed by atoms with Crippen LogP contribution >= 0.6 is 0 Å². The third-order valence-electron chi connectivity index (χ3n) is 2.53. The van der Waals surface area contributed by atoms with E-state index < -0.39 is 0 Å². The van der Waals surface area contributed by atoms with Crippen molar-refractivity contribution in [3.63, 3.8) is 0 Å². The van der Waals surface area contributed by atoms with Gasteiger partial charge in [0.05, 0.1) is 12.2 Å². The van der Waals surface area contributed by atoms with E-state index in [-0.39, 0.29) is 5.95 Å². The zero-order chi connectivity index (χ0) is 14.5. The van der Waals surface area contributed by atoms with Crippen molar-refractivity contribution < 1.29 is 0 Å². The first kappa shape index (κ1) is 12.9. The molecule has 3 aromatic heterocycles. The van der Waals surface area contributed by atoms with Gasteiger partial charge >= 0.3 is 0 Å². The zero-order valence-electron chi connectivity index (χ0n) is 10.9. The summed E-state index contributed by atoms with van der Waals surface area (Å²) in [7, 11) is 0. The fourth-order valence-electron chi connectivity index (χ4n) is 1.59. The van der Waals surface area contributed by atoms with E-state index >= 15 is 0 Å². The van der Waals surface area contributed by atoms with Crippen LogP contribution in [0, 0.1) is 0 Å². The standard InChI is InChI=1S/C11H12N10/c12-20-10-17-9(14-6-8-2-4-13-7-15-8)18-11(19-10)21-5-1-3-16-21/h1-5,7H,6,12H2,(H2,14,17,18,19,20). The molecule has 3 aromatic rings. The quantitative estimate of drug-likeness (QED) is 0.428. The predicted octanol–water partition coefficient (Wildman–Crippen LogP) is -0.255. The van der Waals surface area contributed by atoms with Gasteiger partial charge < -0.3 is 5.32 Å². The smallest absolute Gasteiger partial charge is 0.257 e. The average Bonchev–Trinajstić information content (AvgIpc) is 3.08. The molecule has 0 fully saturated rings. The summed E-state index contributed by atoms with van der Waals surface area (Å²) in [6.07, 6.45) is 6.50. The number of hydrogen-bond donors (Lipinski definition) is 3. The van der Waals surface area contributed by atoms with Crippen molar-refractivity contribution in [1.29, 1.82) is 0 Å².